The highest BCUT2D eigenvalue weighted by Gasteiger charge is 2.20. The molecule has 2 rings (SSSR count). The van der Waals surface area contributed by atoms with Gasteiger partial charge in [0.15, 0.2) is 0 Å². The van der Waals surface area contributed by atoms with E-state index in [0.717, 1.165) is 16.8 Å². The molecular weight excluding hydrogens is 382 g/mol. The molecule has 2 aromatic rings. The number of hydrogen-bond donors (Lipinski definition) is 2. The van der Waals surface area contributed by atoms with Gasteiger partial charge in [0.05, 0.1) is 25.3 Å². The Hall–Kier alpha value is -3.15. The standard InChI is InChI=1S/C22H29N5O3/c1-16-17(2)27(13-18-8-6-5-7-9-18)22(19(16)12-23)25-21(29)15-26(3)14-20(28)24-10-11-30-4/h5-9H,10-11,13-15H2,1-4H3,(H,24,28)(H,25,29). The van der Waals surface area contributed by atoms with Crippen LogP contribution in [0.2, 0.25) is 0 Å². The summed E-state index contributed by atoms with van der Waals surface area (Å²) >= 11 is 0. The third-order valence-corrected chi connectivity index (χ3v) is 4.84. The Balaban J connectivity index is 2.09. The average Bonchev–Trinajstić information content (AvgIpc) is 2.92. The van der Waals surface area contributed by atoms with Crippen molar-refractivity contribution < 1.29 is 14.3 Å². The number of ether oxygens (including phenoxy) is 1. The van der Waals surface area contributed by atoms with E-state index >= 15 is 0 Å². The molecule has 160 valence electrons. The molecule has 8 heteroatoms. The summed E-state index contributed by atoms with van der Waals surface area (Å²) in [6.45, 7) is 5.33. The molecule has 0 spiro atoms. The molecule has 0 saturated heterocycles. The van der Waals surface area contributed by atoms with Crippen LogP contribution in [-0.2, 0) is 20.9 Å². The number of nitrogens with zero attached hydrogens (tertiary/aromatic N) is 3. The number of hydrogen-bond acceptors (Lipinski definition) is 5. The van der Waals surface area contributed by atoms with Crippen LogP contribution >= 0.6 is 0 Å². The minimum absolute atomic E-state index is 0.0250. The second-order valence-corrected chi connectivity index (χ2v) is 7.18. The lowest BCUT2D eigenvalue weighted by Gasteiger charge is -2.17. The first-order chi connectivity index (χ1) is 14.4. The minimum Gasteiger partial charge on any atom is -0.383 e. The number of rotatable bonds is 10. The topological polar surface area (TPSA) is 99.4 Å². The molecular formula is C22H29N5O3. The number of methoxy groups -OCH3 is 1. The Kier molecular flexibility index (Phi) is 8.59. The van der Waals surface area contributed by atoms with Crippen LogP contribution in [0, 0.1) is 25.2 Å². The van der Waals surface area contributed by atoms with Gasteiger partial charge >= 0.3 is 0 Å². The lowest BCUT2D eigenvalue weighted by Crippen LogP contribution is -2.40. The van der Waals surface area contributed by atoms with Crippen molar-refractivity contribution in [3.63, 3.8) is 0 Å². The number of benzene rings is 1. The van der Waals surface area contributed by atoms with Crippen molar-refractivity contribution in [1.29, 1.82) is 5.26 Å². The normalized spacial score (nSPS) is 10.7. The number of anilines is 1. The second-order valence-electron chi connectivity index (χ2n) is 7.18. The van der Waals surface area contributed by atoms with Gasteiger partial charge < -0.3 is 19.9 Å². The highest BCUT2D eigenvalue weighted by atomic mass is 16.5. The SMILES string of the molecule is COCCNC(=O)CN(C)CC(=O)Nc1c(C#N)c(C)c(C)n1Cc1ccccc1. The zero-order valence-electron chi connectivity index (χ0n) is 18.0. The van der Waals surface area contributed by atoms with Crippen LogP contribution in [0.15, 0.2) is 30.3 Å². The molecule has 0 aliphatic rings. The highest BCUT2D eigenvalue weighted by molar-refractivity contribution is 5.93. The summed E-state index contributed by atoms with van der Waals surface area (Å²) in [7, 11) is 3.26. The Morgan fingerprint density at radius 2 is 1.83 bits per heavy atom. The molecule has 1 aromatic carbocycles. The van der Waals surface area contributed by atoms with Crippen molar-refractivity contribution in [2.24, 2.45) is 0 Å². The summed E-state index contributed by atoms with van der Waals surface area (Å²) < 4.78 is 6.84. The largest absolute Gasteiger partial charge is 0.383 e. The van der Waals surface area contributed by atoms with E-state index in [-0.39, 0.29) is 24.9 Å². The molecule has 1 aromatic heterocycles. The van der Waals surface area contributed by atoms with Gasteiger partial charge in [0.1, 0.15) is 11.9 Å². The Bertz CT molecular complexity index is 915. The van der Waals surface area contributed by atoms with Crippen molar-refractivity contribution in [3.8, 4) is 6.07 Å². The molecule has 0 bridgehead atoms. The van der Waals surface area contributed by atoms with Gasteiger partial charge in [-0.3, -0.25) is 14.5 Å². The number of carbonyl (C=O) groups excluding carboxylic acids is 2. The zero-order valence-corrected chi connectivity index (χ0v) is 18.0. The van der Waals surface area contributed by atoms with Gasteiger partial charge in [-0.1, -0.05) is 30.3 Å². The lowest BCUT2D eigenvalue weighted by atomic mass is 10.2. The number of carbonyl (C=O) groups is 2. The molecule has 30 heavy (non-hydrogen) atoms. The fourth-order valence-electron chi connectivity index (χ4n) is 3.16. The molecule has 2 N–H and O–H groups in total. The number of amides is 2. The van der Waals surface area contributed by atoms with Gasteiger partial charge in [-0.05, 0) is 32.0 Å². The summed E-state index contributed by atoms with van der Waals surface area (Å²) in [6, 6.07) is 12.1. The Morgan fingerprint density at radius 1 is 1.17 bits per heavy atom. The summed E-state index contributed by atoms with van der Waals surface area (Å²) in [4.78, 5) is 26.1. The van der Waals surface area contributed by atoms with E-state index in [1.807, 2.05) is 48.7 Å². The molecule has 2 amide bonds. The molecule has 0 aliphatic heterocycles. The maximum absolute atomic E-state index is 12.6. The van der Waals surface area contributed by atoms with E-state index in [4.69, 9.17) is 4.74 Å². The average molecular weight is 412 g/mol. The zero-order chi connectivity index (χ0) is 22.1. The highest BCUT2D eigenvalue weighted by Crippen LogP contribution is 2.27. The Labute approximate surface area is 177 Å². The molecule has 0 atom stereocenters. The molecule has 8 nitrogen and oxygen atoms in total. The van der Waals surface area contributed by atoms with Crippen LogP contribution in [0.1, 0.15) is 22.4 Å². The second kappa shape index (κ2) is 11.1. The number of nitrogens with one attached hydrogen (secondary N) is 2. The Morgan fingerprint density at radius 3 is 2.47 bits per heavy atom. The summed E-state index contributed by atoms with van der Waals surface area (Å²) in [5, 5.41) is 15.2. The molecule has 0 aliphatic carbocycles. The fraction of sp³-hybridized carbons (Fsp3) is 0.409. The first-order valence-electron chi connectivity index (χ1n) is 9.75. The predicted molar refractivity (Wildman–Crippen MR) is 115 cm³/mol. The third kappa shape index (κ3) is 6.17. The molecule has 0 fully saturated rings. The number of aromatic nitrogens is 1. The van der Waals surface area contributed by atoms with Gasteiger partial charge in [0.25, 0.3) is 0 Å². The van der Waals surface area contributed by atoms with Crippen LogP contribution < -0.4 is 10.6 Å². The summed E-state index contributed by atoms with van der Waals surface area (Å²) in [6.07, 6.45) is 0. The van der Waals surface area contributed by atoms with E-state index in [0.29, 0.717) is 31.1 Å². The number of likely N-dealkylation sites (N-methyl/N-ethyl adjacent to an activating group) is 1. The quantitative estimate of drug-likeness (QED) is 0.579. The first kappa shape index (κ1) is 23.1. The van der Waals surface area contributed by atoms with Crippen molar-refractivity contribution in [3.05, 3.63) is 52.7 Å². The third-order valence-electron chi connectivity index (χ3n) is 4.84. The van der Waals surface area contributed by atoms with Crippen LogP contribution in [-0.4, -0.2) is 61.7 Å². The number of nitriles is 1. The first-order valence-corrected chi connectivity index (χ1v) is 9.75. The smallest absolute Gasteiger partial charge is 0.239 e. The van der Waals surface area contributed by atoms with Crippen molar-refractivity contribution >= 4 is 17.6 Å². The van der Waals surface area contributed by atoms with E-state index < -0.39 is 0 Å². The van der Waals surface area contributed by atoms with Crippen molar-refractivity contribution in [1.82, 2.24) is 14.8 Å². The van der Waals surface area contributed by atoms with Gasteiger partial charge in [-0.15, -0.1) is 0 Å². The van der Waals surface area contributed by atoms with E-state index in [1.54, 1.807) is 19.1 Å². The van der Waals surface area contributed by atoms with E-state index in [2.05, 4.69) is 16.7 Å². The molecule has 1 heterocycles. The monoisotopic (exact) mass is 411 g/mol. The fourth-order valence-corrected chi connectivity index (χ4v) is 3.16. The van der Waals surface area contributed by atoms with Gasteiger partial charge in [0.2, 0.25) is 11.8 Å². The van der Waals surface area contributed by atoms with Gasteiger partial charge in [-0.2, -0.15) is 5.26 Å². The van der Waals surface area contributed by atoms with Crippen molar-refractivity contribution in [2.45, 2.75) is 20.4 Å². The molecule has 0 saturated carbocycles. The van der Waals surface area contributed by atoms with Crippen LogP contribution in [0.3, 0.4) is 0 Å². The summed E-state index contributed by atoms with van der Waals surface area (Å²) in [5.74, 6) is 0.0176. The minimum atomic E-state index is -0.287. The molecule has 0 unspecified atom stereocenters. The van der Waals surface area contributed by atoms with Gasteiger partial charge in [0, 0.05) is 25.9 Å². The van der Waals surface area contributed by atoms with Crippen LogP contribution in [0.4, 0.5) is 5.82 Å². The maximum atomic E-state index is 12.6. The van der Waals surface area contributed by atoms with Crippen LogP contribution in [0.25, 0.3) is 0 Å². The predicted octanol–water partition coefficient (Wildman–Crippen LogP) is 1.66. The van der Waals surface area contributed by atoms with Crippen molar-refractivity contribution in [2.75, 3.05) is 45.7 Å². The lowest BCUT2D eigenvalue weighted by molar-refractivity contribution is -0.123. The molecule has 0 radical (unpaired) electrons. The van der Waals surface area contributed by atoms with E-state index in [1.165, 1.54) is 0 Å². The maximum Gasteiger partial charge on any atom is 0.239 e. The van der Waals surface area contributed by atoms with E-state index in [9.17, 15) is 14.9 Å². The summed E-state index contributed by atoms with van der Waals surface area (Å²) in [5.41, 5.74) is 3.29. The van der Waals surface area contributed by atoms with Crippen LogP contribution in [0.5, 0.6) is 0 Å². The van der Waals surface area contributed by atoms with Gasteiger partial charge in [-0.25, -0.2) is 0 Å².